The van der Waals surface area contributed by atoms with Crippen LogP contribution in [0, 0.1) is 6.92 Å². The summed E-state index contributed by atoms with van der Waals surface area (Å²) < 4.78 is 2.00. The Bertz CT molecular complexity index is 684. The Hall–Kier alpha value is -1.82. The van der Waals surface area contributed by atoms with Gasteiger partial charge < -0.3 is 10.6 Å². The highest BCUT2D eigenvalue weighted by atomic mass is 32.1. The topological polar surface area (TPSA) is 54.2 Å². The van der Waals surface area contributed by atoms with E-state index in [1.54, 1.807) is 11.3 Å². The van der Waals surface area contributed by atoms with Gasteiger partial charge in [0.05, 0.1) is 18.8 Å². The Kier molecular flexibility index (Phi) is 6.85. The summed E-state index contributed by atoms with van der Waals surface area (Å²) >= 11 is 1.78. The highest BCUT2D eigenvalue weighted by molar-refractivity contribution is 7.10. The van der Waals surface area contributed by atoms with Crippen LogP contribution in [0.15, 0.2) is 16.4 Å². The van der Waals surface area contributed by atoms with E-state index in [2.05, 4.69) is 54.9 Å². The maximum Gasteiger partial charge on any atom is 0.191 e. The molecule has 0 spiro atoms. The van der Waals surface area contributed by atoms with Crippen molar-refractivity contribution in [3.8, 4) is 0 Å². The van der Waals surface area contributed by atoms with Crippen molar-refractivity contribution in [1.82, 2.24) is 20.4 Å². The first-order valence-electron chi connectivity index (χ1n) is 8.69. The van der Waals surface area contributed by atoms with E-state index in [1.165, 1.54) is 21.7 Å². The van der Waals surface area contributed by atoms with Gasteiger partial charge in [-0.15, -0.1) is 11.3 Å². The van der Waals surface area contributed by atoms with Crippen LogP contribution >= 0.6 is 11.3 Å². The lowest BCUT2D eigenvalue weighted by Gasteiger charge is -2.11. The van der Waals surface area contributed by atoms with Crippen LogP contribution in [-0.4, -0.2) is 22.3 Å². The number of aryl methyl sites for hydroxylation is 3. The molecule has 0 aromatic carbocycles. The quantitative estimate of drug-likeness (QED) is 0.597. The third-order valence-corrected chi connectivity index (χ3v) is 5.17. The second-order valence-corrected chi connectivity index (χ2v) is 6.78. The molecule has 2 N–H and O–H groups in total. The number of nitrogens with zero attached hydrogens (tertiary/aromatic N) is 3. The smallest absolute Gasteiger partial charge is 0.191 e. The lowest BCUT2D eigenvalue weighted by atomic mass is 10.1. The number of rotatable bonds is 7. The third-order valence-electron chi connectivity index (χ3n) is 4.15. The molecule has 132 valence electrons. The number of aromatic nitrogens is 2. The van der Waals surface area contributed by atoms with E-state index in [-0.39, 0.29) is 0 Å². The fourth-order valence-electron chi connectivity index (χ4n) is 2.82. The van der Waals surface area contributed by atoms with E-state index < -0.39 is 0 Å². The van der Waals surface area contributed by atoms with Crippen LogP contribution in [0.4, 0.5) is 0 Å². The van der Waals surface area contributed by atoms with Gasteiger partial charge in [0.15, 0.2) is 5.96 Å². The van der Waals surface area contributed by atoms with Gasteiger partial charge in [0, 0.05) is 29.7 Å². The second-order valence-electron chi connectivity index (χ2n) is 5.78. The number of thiophene rings is 1. The molecule has 0 fully saturated rings. The standard InChI is InChI=1S/C18H29N5S/c1-6-15-14(16(7-2)23(5)22-15)11-20-18(19-8-3)21-12-17-13(4)9-10-24-17/h9-10H,6-8,11-12H2,1-5H3,(H2,19,20,21). The molecule has 0 aliphatic carbocycles. The molecule has 24 heavy (non-hydrogen) atoms. The molecular formula is C18H29N5S. The zero-order valence-corrected chi connectivity index (χ0v) is 16.3. The third kappa shape index (κ3) is 4.38. The molecule has 0 bridgehead atoms. The van der Waals surface area contributed by atoms with E-state index in [0.29, 0.717) is 6.54 Å². The molecule has 0 amide bonds. The first-order valence-corrected chi connectivity index (χ1v) is 9.57. The van der Waals surface area contributed by atoms with Gasteiger partial charge in [-0.1, -0.05) is 13.8 Å². The Labute approximate surface area is 149 Å². The predicted molar refractivity (Wildman–Crippen MR) is 103 cm³/mol. The van der Waals surface area contributed by atoms with Crippen molar-refractivity contribution in [3.63, 3.8) is 0 Å². The number of nitrogens with one attached hydrogen (secondary N) is 2. The number of aliphatic imine (C=N–C) groups is 1. The molecule has 0 radical (unpaired) electrons. The van der Waals surface area contributed by atoms with Gasteiger partial charge in [-0.25, -0.2) is 4.99 Å². The fourth-order valence-corrected chi connectivity index (χ4v) is 3.67. The second kappa shape index (κ2) is 8.87. The molecule has 0 saturated carbocycles. The van der Waals surface area contributed by atoms with E-state index in [9.17, 15) is 0 Å². The molecule has 0 saturated heterocycles. The summed E-state index contributed by atoms with van der Waals surface area (Å²) in [4.78, 5) is 6.14. The molecular weight excluding hydrogens is 318 g/mol. The van der Waals surface area contributed by atoms with Gasteiger partial charge in [-0.3, -0.25) is 4.68 Å². The van der Waals surface area contributed by atoms with Crippen LogP contribution in [0.5, 0.6) is 0 Å². The van der Waals surface area contributed by atoms with Crippen LogP contribution in [0.3, 0.4) is 0 Å². The minimum Gasteiger partial charge on any atom is -0.357 e. The van der Waals surface area contributed by atoms with Crippen LogP contribution in [0.1, 0.15) is 48.2 Å². The lowest BCUT2D eigenvalue weighted by molar-refractivity contribution is 0.703. The largest absolute Gasteiger partial charge is 0.357 e. The molecule has 2 heterocycles. The van der Waals surface area contributed by atoms with Crippen LogP contribution in [-0.2, 0) is 33.0 Å². The Morgan fingerprint density at radius 2 is 2.04 bits per heavy atom. The van der Waals surface area contributed by atoms with Crippen molar-refractivity contribution in [2.75, 3.05) is 6.54 Å². The molecule has 2 aromatic heterocycles. The summed E-state index contributed by atoms with van der Waals surface area (Å²) in [7, 11) is 2.02. The van der Waals surface area contributed by atoms with Crippen LogP contribution < -0.4 is 10.6 Å². The monoisotopic (exact) mass is 347 g/mol. The van der Waals surface area contributed by atoms with Crippen molar-refractivity contribution in [1.29, 1.82) is 0 Å². The number of hydrogen-bond donors (Lipinski definition) is 2. The Morgan fingerprint density at radius 1 is 1.25 bits per heavy atom. The molecule has 0 unspecified atom stereocenters. The minimum atomic E-state index is 0.666. The molecule has 6 heteroatoms. The van der Waals surface area contributed by atoms with E-state index in [1.807, 2.05) is 11.7 Å². The van der Waals surface area contributed by atoms with Gasteiger partial charge in [-0.05, 0) is 43.7 Å². The molecule has 0 atom stereocenters. The van der Waals surface area contributed by atoms with Crippen molar-refractivity contribution < 1.29 is 0 Å². The van der Waals surface area contributed by atoms with Gasteiger partial charge in [0.25, 0.3) is 0 Å². The first kappa shape index (κ1) is 18.5. The normalized spacial score (nSPS) is 11.8. The maximum atomic E-state index is 4.79. The van der Waals surface area contributed by atoms with Gasteiger partial charge in [-0.2, -0.15) is 5.10 Å². The van der Waals surface area contributed by atoms with E-state index >= 15 is 0 Å². The average molecular weight is 348 g/mol. The maximum absolute atomic E-state index is 4.79. The highest BCUT2D eigenvalue weighted by Gasteiger charge is 2.13. The predicted octanol–water partition coefficient (Wildman–Crippen LogP) is 3.17. The first-order chi connectivity index (χ1) is 11.6. The van der Waals surface area contributed by atoms with Gasteiger partial charge in [0.1, 0.15) is 0 Å². The SMILES string of the molecule is CCNC(=NCc1c(CC)nn(C)c1CC)NCc1sccc1C. The average Bonchev–Trinajstić information content (AvgIpc) is 3.12. The Morgan fingerprint density at radius 3 is 2.62 bits per heavy atom. The lowest BCUT2D eigenvalue weighted by Crippen LogP contribution is -2.36. The van der Waals surface area contributed by atoms with Crippen LogP contribution in [0.2, 0.25) is 0 Å². The van der Waals surface area contributed by atoms with Crippen LogP contribution in [0.25, 0.3) is 0 Å². The van der Waals surface area contributed by atoms with Crippen molar-refractivity contribution in [3.05, 3.63) is 38.8 Å². The highest BCUT2D eigenvalue weighted by Crippen LogP contribution is 2.17. The summed E-state index contributed by atoms with van der Waals surface area (Å²) in [6, 6.07) is 2.16. The summed E-state index contributed by atoms with van der Waals surface area (Å²) in [5, 5.41) is 13.5. The van der Waals surface area contributed by atoms with Gasteiger partial charge >= 0.3 is 0 Å². The van der Waals surface area contributed by atoms with Gasteiger partial charge in [0.2, 0.25) is 0 Å². The van der Waals surface area contributed by atoms with Crippen molar-refractivity contribution in [2.45, 2.75) is 53.6 Å². The van der Waals surface area contributed by atoms with E-state index in [0.717, 1.165) is 37.6 Å². The molecule has 2 rings (SSSR count). The number of guanidine groups is 1. The molecule has 2 aromatic rings. The number of hydrogen-bond acceptors (Lipinski definition) is 3. The minimum absolute atomic E-state index is 0.666. The summed E-state index contributed by atoms with van der Waals surface area (Å²) in [5.74, 6) is 0.859. The molecule has 5 nitrogen and oxygen atoms in total. The zero-order chi connectivity index (χ0) is 17.5. The van der Waals surface area contributed by atoms with E-state index in [4.69, 9.17) is 4.99 Å². The fraction of sp³-hybridized carbons (Fsp3) is 0.556. The van der Waals surface area contributed by atoms with Crippen molar-refractivity contribution >= 4 is 17.3 Å². The summed E-state index contributed by atoms with van der Waals surface area (Å²) in [6.07, 6.45) is 1.92. The Balaban J connectivity index is 2.12. The summed E-state index contributed by atoms with van der Waals surface area (Å²) in [6.45, 7) is 10.9. The molecule has 0 aliphatic rings. The molecule has 0 aliphatic heterocycles. The summed E-state index contributed by atoms with van der Waals surface area (Å²) in [5.41, 5.74) is 5.03. The van der Waals surface area contributed by atoms with Crippen molar-refractivity contribution in [2.24, 2.45) is 12.0 Å². The zero-order valence-electron chi connectivity index (χ0n) is 15.4.